The monoisotopic (exact) mass is 276 g/mol. The minimum atomic E-state index is 0.179. The lowest BCUT2D eigenvalue weighted by Crippen LogP contribution is -2.45. The normalized spacial score (nSPS) is 15.1. The molecule has 1 rings (SSSR count). The van der Waals surface area contributed by atoms with Gasteiger partial charge in [0.2, 0.25) is 0 Å². The van der Waals surface area contributed by atoms with Gasteiger partial charge in [-0.05, 0) is 38.7 Å². The van der Waals surface area contributed by atoms with Crippen molar-refractivity contribution in [2.75, 3.05) is 6.54 Å². The van der Waals surface area contributed by atoms with E-state index in [1.807, 2.05) is 0 Å². The van der Waals surface area contributed by atoms with E-state index in [1.54, 1.807) is 0 Å². The number of rotatable bonds is 7. The summed E-state index contributed by atoms with van der Waals surface area (Å²) in [5.74, 6) is 0.648. The fraction of sp³-hybridized carbons (Fsp3) is 0.667. The first-order chi connectivity index (χ1) is 9.36. The average Bonchev–Trinajstić information content (AvgIpc) is 2.39. The van der Waals surface area contributed by atoms with Gasteiger partial charge >= 0.3 is 0 Å². The summed E-state index contributed by atoms with van der Waals surface area (Å²) in [5.41, 5.74) is 9.11. The summed E-state index contributed by atoms with van der Waals surface area (Å²) in [4.78, 5) is 2.56. The van der Waals surface area contributed by atoms with Gasteiger partial charge < -0.3 is 5.73 Å². The van der Waals surface area contributed by atoms with Gasteiger partial charge in [-0.3, -0.25) is 4.90 Å². The Hall–Kier alpha value is -0.860. The van der Waals surface area contributed by atoms with Crippen LogP contribution in [-0.2, 0) is 0 Å². The Morgan fingerprint density at radius 3 is 2.00 bits per heavy atom. The minimum absolute atomic E-state index is 0.179. The van der Waals surface area contributed by atoms with Crippen LogP contribution in [-0.4, -0.2) is 23.5 Å². The van der Waals surface area contributed by atoms with E-state index in [0.717, 1.165) is 13.0 Å². The van der Waals surface area contributed by atoms with Crippen molar-refractivity contribution in [3.63, 3.8) is 0 Å². The lowest BCUT2D eigenvalue weighted by molar-refractivity contribution is 0.114. The molecule has 2 N–H and O–H groups in total. The van der Waals surface area contributed by atoms with Crippen molar-refractivity contribution in [2.45, 2.75) is 66.1 Å². The van der Waals surface area contributed by atoms with Crippen molar-refractivity contribution in [3.05, 3.63) is 35.4 Å². The van der Waals surface area contributed by atoms with Crippen LogP contribution in [0.25, 0.3) is 0 Å². The molecule has 2 unspecified atom stereocenters. The second-order valence-corrected chi connectivity index (χ2v) is 6.61. The molecule has 0 amide bonds. The molecule has 0 aliphatic heterocycles. The SMILES string of the molecule is CCC(N)C(c1ccc(C)cc1)N(CC(C)C)C(C)C. The lowest BCUT2D eigenvalue weighted by Gasteiger charge is -2.39. The highest BCUT2D eigenvalue weighted by Crippen LogP contribution is 2.28. The van der Waals surface area contributed by atoms with Crippen LogP contribution in [0.4, 0.5) is 0 Å². The summed E-state index contributed by atoms with van der Waals surface area (Å²) < 4.78 is 0. The Kier molecular flexibility index (Phi) is 6.70. The fourth-order valence-corrected chi connectivity index (χ4v) is 2.74. The summed E-state index contributed by atoms with van der Waals surface area (Å²) in [5, 5.41) is 0. The Bertz CT molecular complexity index is 381. The summed E-state index contributed by atoms with van der Waals surface area (Å²) in [7, 11) is 0. The lowest BCUT2D eigenvalue weighted by atomic mass is 9.93. The van der Waals surface area contributed by atoms with Gasteiger partial charge in [-0.1, -0.05) is 50.6 Å². The molecular formula is C18H32N2. The van der Waals surface area contributed by atoms with E-state index in [-0.39, 0.29) is 6.04 Å². The van der Waals surface area contributed by atoms with Crippen LogP contribution in [0.5, 0.6) is 0 Å². The van der Waals surface area contributed by atoms with Gasteiger partial charge in [0.05, 0.1) is 6.04 Å². The molecule has 1 aromatic rings. The van der Waals surface area contributed by atoms with Gasteiger partial charge in [-0.25, -0.2) is 0 Å². The average molecular weight is 276 g/mol. The maximum absolute atomic E-state index is 6.46. The van der Waals surface area contributed by atoms with E-state index in [0.29, 0.717) is 18.0 Å². The molecule has 0 bridgehead atoms. The van der Waals surface area contributed by atoms with E-state index in [2.05, 4.69) is 70.7 Å². The first kappa shape index (κ1) is 17.2. The van der Waals surface area contributed by atoms with Crippen LogP contribution in [0.1, 0.15) is 58.2 Å². The molecule has 0 heterocycles. The molecule has 0 saturated heterocycles. The molecule has 0 saturated carbocycles. The zero-order valence-electron chi connectivity index (χ0n) is 14.1. The van der Waals surface area contributed by atoms with Gasteiger partial charge in [0.15, 0.2) is 0 Å². The molecule has 0 fully saturated rings. The van der Waals surface area contributed by atoms with Crippen LogP contribution in [0.15, 0.2) is 24.3 Å². The van der Waals surface area contributed by atoms with Gasteiger partial charge in [-0.2, -0.15) is 0 Å². The number of benzene rings is 1. The van der Waals surface area contributed by atoms with Crippen LogP contribution in [0, 0.1) is 12.8 Å². The molecule has 0 aliphatic carbocycles. The van der Waals surface area contributed by atoms with Crippen LogP contribution in [0.3, 0.4) is 0 Å². The molecule has 0 aliphatic rings. The largest absolute Gasteiger partial charge is 0.326 e. The standard InChI is InChI=1S/C18H32N2/c1-7-17(19)18(16-10-8-15(6)9-11-16)20(14(4)5)12-13(2)3/h8-11,13-14,17-18H,7,12,19H2,1-6H3. The van der Waals surface area contributed by atoms with Gasteiger partial charge in [-0.15, -0.1) is 0 Å². The van der Waals surface area contributed by atoms with Crippen LogP contribution >= 0.6 is 0 Å². The number of hydrogen-bond acceptors (Lipinski definition) is 2. The number of aryl methyl sites for hydroxylation is 1. The van der Waals surface area contributed by atoms with Crippen molar-refractivity contribution in [3.8, 4) is 0 Å². The minimum Gasteiger partial charge on any atom is -0.326 e. The smallest absolute Gasteiger partial charge is 0.0501 e. The third kappa shape index (κ3) is 4.60. The molecule has 114 valence electrons. The fourth-order valence-electron chi connectivity index (χ4n) is 2.74. The molecule has 0 radical (unpaired) electrons. The van der Waals surface area contributed by atoms with Gasteiger partial charge in [0.25, 0.3) is 0 Å². The number of nitrogens with zero attached hydrogens (tertiary/aromatic N) is 1. The van der Waals surface area contributed by atoms with E-state index >= 15 is 0 Å². The van der Waals surface area contributed by atoms with Crippen LogP contribution < -0.4 is 5.73 Å². The molecule has 0 spiro atoms. The highest BCUT2D eigenvalue weighted by molar-refractivity contribution is 5.25. The van der Waals surface area contributed by atoms with Crippen molar-refractivity contribution >= 4 is 0 Å². The third-order valence-electron chi connectivity index (χ3n) is 3.89. The molecule has 2 heteroatoms. The van der Waals surface area contributed by atoms with Gasteiger partial charge in [0, 0.05) is 18.6 Å². The highest BCUT2D eigenvalue weighted by Gasteiger charge is 2.27. The third-order valence-corrected chi connectivity index (χ3v) is 3.89. The van der Waals surface area contributed by atoms with E-state index in [1.165, 1.54) is 11.1 Å². The Morgan fingerprint density at radius 1 is 1.05 bits per heavy atom. The zero-order chi connectivity index (χ0) is 15.3. The molecule has 20 heavy (non-hydrogen) atoms. The van der Waals surface area contributed by atoms with Crippen molar-refractivity contribution in [1.29, 1.82) is 0 Å². The summed E-state index contributed by atoms with van der Waals surface area (Å²) >= 11 is 0. The summed E-state index contributed by atoms with van der Waals surface area (Å²) in [6.07, 6.45) is 1.000. The van der Waals surface area contributed by atoms with Crippen LogP contribution in [0.2, 0.25) is 0 Å². The molecule has 0 aromatic heterocycles. The molecule has 1 aromatic carbocycles. The molecule has 2 atom stereocenters. The predicted octanol–water partition coefficient (Wildman–Crippen LogP) is 4.14. The quantitative estimate of drug-likeness (QED) is 0.811. The maximum atomic E-state index is 6.46. The highest BCUT2D eigenvalue weighted by atomic mass is 15.2. The maximum Gasteiger partial charge on any atom is 0.0501 e. The Labute approximate surface area is 125 Å². The van der Waals surface area contributed by atoms with Crippen molar-refractivity contribution < 1.29 is 0 Å². The topological polar surface area (TPSA) is 29.3 Å². The Morgan fingerprint density at radius 2 is 1.60 bits per heavy atom. The van der Waals surface area contributed by atoms with Gasteiger partial charge in [0.1, 0.15) is 0 Å². The summed E-state index contributed by atoms with van der Waals surface area (Å²) in [6.45, 7) is 14.5. The van der Waals surface area contributed by atoms with E-state index in [4.69, 9.17) is 5.73 Å². The molecule has 2 nitrogen and oxygen atoms in total. The summed E-state index contributed by atoms with van der Waals surface area (Å²) in [6, 6.07) is 9.86. The Balaban J connectivity index is 3.11. The zero-order valence-corrected chi connectivity index (χ0v) is 14.1. The first-order valence-corrected chi connectivity index (χ1v) is 7.94. The van der Waals surface area contributed by atoms with Crippen molar-refractivity contribution in [2.24, 2.45) is 11.7 Å². The predicted molar refractivity (Wildman–Crippen MR) is 88.9 cm³/mol. The first-order valence-electron chi connectivity index (χ1n) is 7.94. The van der Waals surface area contributed by atoms with E-state index in [9.17, 15) is 0 Å². The molecular weight excluding hydrogens is 244 g/mol. The number of nitrogens with two attached hydrogens (primary N) is 1. The second-order valence-electron chi connectivity index (χ2n) is 6.61. The van der Waals surface area contributed by atoms with Crippen molar-refractivity contribution in [1.82, 2.24) is 4.90 Å². The second kappa shape index (κ2) is 7.80. The number of hydrogen-bond donors (Lipinski definition) is 1. The van der Waals surface area contributed by atoms with E-state index < -0.39 is 0 Å².